The molecular formula is C21H20ClNO2. The molecule has 4 heteroatoms. The van der Waals surface area contributed by atoms with Gasteiger partial charge in [0.05, 0.1) is 0 Å². The van der Waals surface area contributed by atoms with Crippen molar-refractivity contribution >= 4 is 17.3 Å². The van der Waals surface area contributed by atoms with Gasteiger partial charge in [-0.3, -0.25) is 0 Å². The van der Waals surface area contributed by atoms with Gasteiger partial charge in [0.2, 0.25) is 0 Å². The Hall–Kier alpha value is -2.65. The summed E-state index contributed by atoms with van der Waals surface area (Å²) in [7, 11) is 0. The highest BCUT2D eigenvalue weighted by atomic mass is 35.5. The van der Waals surface area contributed by atoms with E-state index in [1.54, 1.807) is 0 Å². The van der Waals surface area contributed by atoms with E-state index in [0.717, 1.165) is 27.8 Å². The number of halogens is 1. The number of anilines is 1. The van der Waals surface area contributed by atoms with Gasteiger partial charge in [0, 0.05) is 17.3 Å². The van der Waals surface area contributed by atoms with Crippen molar-refractivity contribution in [3.63, 3.8) is 0 Å². The van der Waals surface area contributed by atoms with E-state index in [2.05, 4.69) is 5.32 Å². The SMILES string of the molecule is Clc1ccccc1CNc1ccc(OCCOc2ccccc2)cc1. The topological polar surface area (TPSA) is 30.5 Å². The molecule has 0 aliphatic carbocycles. The molecule has 3 rings (SSSR count). The predicted molar refractivity (Wildman–Crippen MR) is 103 cm³/mol. The maximum atomic E-state index is 6.16. The molecular weight excluding hydrogens is 334 g/mol. The lowest BCUT2D eigenvalue weighted by Crippen LogP contribution is -2.08. The molecule has 0 amide bonds. The van der Waals surface area contributed by atoms with E-state index in [-0.39, 0.29) is 0 Å². The van der Waals surface area contributed by atoms with E-state index in [0.29, 0.717) is 19.8 Å². The zero-order valence-corrected chi connectivity index (χ0v) is 14.6. The molecule has 1 N–H and O–H groups in total. The summed E-state index contributed by atoms with van der Waals surface area (Å²) in [4.78, 5) is 0. The van der Waals surface area contributed by atoms with Crippen LogP contribution in [-0.4, -0.2) is 13.2 Å². The average Bonchev–Trinajstić information content (AvgIpc) is 2.66. The maximum absolute atomic E-state index is 6.16. The molecule has 0 radical (unpaired) electrons. The van der Waals surface area contributed by atoms with Gasteiger partial charge in [-0.15, -0.1) is 0 Å². The quantitative estimate of drug-likeness (QED) is 0.549. The summed E-state index contributed by atoms with van der Waals surface area (Å²) in [5.41, 5.74) is 2.09. The molecule has 0 saturated heterocycles. The van der Waals surface area contributed by atoms with Crippen LogP contribution in [-0.2, 0) is 6.54 Å². The molecule has 0 aromatic heterocycles. The lowest BCUT2D eigenvalue weighted by molar-refractivity contribution is 0.217. The van der Waals surface area contributed by atoms with Gasteiger partial charge < -0.3 is 14.8 Å². The molecule has 3 aromatic carbocycles. The Morgan fingerprint density at radius 1 is 0.680 bits per heavy atom. The van der Waals surface area contributed by atoms with Crippen LogP contribution in [0.2, 0.25) is 5.02 Å². The van der Waals surface area contributed by atoms with Gasteiger partial charge in [-0.1, -0.05) is 48.0 Å². The van der Waals surface area contributed by atoms with Crippen molar-refractivity contribution in [3.8, 4) is 11.5 Å². The Bertz CT molecular complexity index is 775. The van der Waals surface area contributed by atoms with E-state index in [9.17, 15) is 0 Å². The fourth-order valence-corrected chi connectivity index (χ4v) is 2.55. The van der Waals surface area contributed by atoms with Crippen molar-refractivity contribution in [2.24, 2.45) is 0 Å². The summed E-state index contributed by atoms with van der Waals surface area (Å²) < 4.78 is 11.3. The standard InChI is InChI=1S/C21H20ClNO2/c22-21-9-5-4-6-17(21)16-23-18-10-12-20(13-11-18)25-15-14-24-19-7-2-1-3-8-19/h1-13,23H,14-16H2. The minimum atomic E-state index is 0.501. The van der Waals surface area contributed by atoms with Gasteiger partial charge >= 0.3 is 0 Å². The normalized spacial score (nSPS) is 10.3. The van der Waals surface area contributed by atoms with Crippen molar-refractivity contribution in [2.45, 2.75) is 6.54 Å². The highest BCUT2D eigenvalue weighted by Crippen LogP contribution is 2.19. The molecule has 0 saturated carbocycles. The Kier molecular flexibility index (Phi) is 6.18. The zero-order valence-electron chi connectivity index (χ0n) is 13.8. The van der Waals surface area contributed by atoms with Gasteiger partial charge in [0.15, 0.2) is 0 Å². The van der Waals surface area contributed by atoms with Crippen LogP contribution in [0.1, 0.15) is 5.56 Å². The number of nitrogens with one attached hydrogen (secondary N) is 1. The summed E-state index contributed by atoms with van der Waals surface area (Å²) >= 11 is 6.16. The first kappa shape index (κ1) is 17.2. The molecule has 0 atom stereocenters. The number of rotatable bonds is 8. The number of benzene rings is 3. The Balaban J connectivity index is 1.42. The lowest BCUT2D eigenvalue weighted by Gasteiger charge is -2.10. The van der Waals surface area contributed by atoms with Crippen LogP contribution in [0.15, 0.2) is 78.9 Å². The van der Waals surface area contributed by atoms with Crippen molar-refractivity contribution in [3.05, 3.63) is 89.4 Å². The summed E-state index contributed by atoms with van der Waals surface area (Å²) in [6.45, 7) is 1.70. The smallest absolute Gasteiger partial charge is 0.122 e. The molecule has 3 nitrogen and oxygen atoms in total. The first-order valence-electron chi connectivity index (χ1n) is 8.19. The lowest BCUT2D eigenvalue weighted by atomic mass is 10.2. The highest BCUT2D eigenvalue weighted by molar-refractivity contribution is 6.31. The van der Waals surface area contributed by atoms with Gasteiger partial charge in [0.1, 0.15) is 24.7 Å². The summed E-state index contributed by atoms with van der Waals surface area (Å²) in [6.07, 6.45) is 0. The molecule has 128 valence electrons. The van der Waals surface area contributed by atoms with Crippen LogP contribution in [0, 0.1) is 0 Å². The van der Waals surface area contributed by atoms with Gasteiger partial charge in [0.25, 0.3) is 0 Å². The second-order valence-electron chi connectivity index (χ2n) is 5.48. The molecule has 25 heavy (non-hydrogen) atoms. The predicted octanol–water partition coefficient (Wildman–Crippen LogP) is 5.41. The summed E-state index contributed by atoms with van der Waals surface area (Å²) in [5, 5.41) is 4.12. The number of hydrogen-bond acceptors (Lipinski definition) is 3. The van der Waals surface area contributed by atoms with Crippen LogP contribution in [0.4, 0.5) is 5.69 Å². The molecule has 0 fully saturated rings. The molecule has 0 bridgehead atoms. The number of ether oxygens (including phenoxy) is 2. The first-order valence-corrected chi connectivity index (χ1v) is 8.57. The van der Waals surface area contributed by atoms with Crippen molar-refractivity contribution in [2.75, 3.05) is 18.5 Å². The van der Waals surface area contributed by atoms with Gasteiger partial charge in [-0.05, 0) is 48.0 Å². The fraction of sp³-hybridized carbons (Fsp3) is 0.143. The van der Waals surface area contributed by atoms with E-state index < -0.39 is 0 Å². The summed E-state index contributed by atoms with van der Waals surface area (Å²) in [5.74, 6) is 1.67. The van der Waals surface area contributed by atoms with Crippen molar-refractivity contribution < 1.29 is 9.47 Å². The molecule has 0 spiro atoms. The molecule has 0 aliphatic rings. The van der Waals surface area contributed by atoms with E-state index in [1.807, 2.05) is 78.9 Å². The van der Waals surface area contributed by atoms with Crippen LogP contribution >= 0.6 is 11.6 Å². The third-order valence-electron chi connectivity index (χ3n) is 3.66. The van der Waals surface area contributed by atoms with Crippen LogP contribution in [0.5, 0.6) is 11.5 Å². The van der Waals surface area contributed by atoms with Crippen molar-refractivity contribution in [1.82, 2.24) is 0 Å². The third-order valence-corrected chi connectivity index (χ3v) is 4.03. The Morgan fingerprint density at radius 2 is 1.28 bits per heavy atom. The molecule has 3 aromatic rings. The van der Waals surface area contributed by atoms with Crippen LogP contribution < -0.4 is 14.8 Å². The minimum Gasteiger partial charge on any atom is -0.490 e. The van der Waals surface area contributed by atoms with Gasteiger partial charge in [-0.25, -0.2) is 0 Å². The Labute approximate surface area is 153 Å². The zero-order chi connectivity index (χ0) is 17.3. The first-order chi connectivity index (χ1) is 12.3. The van der Waals surface area contributed by atoms with Gasteiger partial charge in [-0.2, -0.15) is 0 Å². The molecule has 0 aliphatic heterocycles. The molecule has 0 unspecified atom stereocenters. The minimum absolute atomic E-state index is 0.501. The number of para-hydroxylation sites is 1. The van der Waals surface area contributed by atoms with E-state index in [4.69, 9.17) is 21.1 Å². The maximum Gasteiger partial charge on any atom is 0.122 e. The largest absolute Gasteiger partial charge is 0.490 e. The number of hydrogen-bond donors (Lipinski definition) is 1. The second-order valence-corrected chi connectivity index (χ2v) is 5.89. The van der Waals surface area contributed by atoms with E-state index in [1.165, 1.54) is 0 Å². The monoisotopic (exact) mass is 353 g/mol. The Morgan fingerprint density at radius 3 is 1.96 bits per heavy atom. The summed E-state index contributed by atoms with van der Waals surface area (Å²) in [6, 6.07) is 25.4. The average molecular weight is 354 g/mol. The third kappa shape index (κ3) is 5.44. The van der Waals surface area contributed by atoms with Crippen LogP contribution in [0.3, 0.4) is 0 Å². The highest BCUT2D eigenvalue weighted by Gasteiger charge is 2.00. The van der Waals surface area contributed by atoms with Crippen molar-refractivity contribution in [1.29, 1.82) is 0 Å². The second kappa shape index (κ2) is 9.00. The van der Waals surface area contributed by atoms with E-state index >= 15 is 0 Å². The molecule has 0 heterocycles. The van der Waals surface area contributed by atoms with Crippen LogP contribution in [0.25, 0.3) is 0 Å². The fourth-order valence-electron chi connectivity index (χ4n) is 2.34.